The van der Waals surface area contributed by atoms with Gasteiger partial charge in [-0.2, -0.15) is 0 Å². The molecule has 8 saturated carbocycles. The zero-order chi connectivity index (χ0) is 15.1. The van der Waals surface area contributed by atoms with Crippen molar-refractivity contribution >= 4 is 8.52 Å². The maximum Gasteiger partial charge on any atom is 0.0639 e. The Morgan fingerprint density at radius 1 is 0.609 bits per heavy atom. The largest absolute Gasteiger partial charge is 0.590 e. The van der Waals surface area contributed by atoms with Gasteiger partial charge in [-0.25, -0.2) is 0 Å². The Kier molecular flexibility index (Phi) is 2.99. The minimum Gasteiger partial charge on any atom is -0.590 e. The molecule has 23 heavy (non-hydrogen) atoms. The smallest absolute Gasteiger partial charge is 0.0639 e. The molecular weight excluding hydrogens is 299 g/mol. The molecule has 0 amide bonds. The van der Waals surface area contributed by atoms with E-state index in [-0.39, 0.29) is 0 Å². The first-order chi connectivity index (χ1) is 11.2. The van der Waals surface area contributed by atoms with Crippen molar-refractivity contribution in [2.45, 2.75) is 88.1 Å². The summed E-state index contributed by atoms with van der Waals surface area (Å²) >= 11 is 0. The summed E-state index contributed by atoms with van der Waals surface area (Å²) in [6, 6.07) is 0. The summed E-state index contributed by atoms with van der Waals surface area (Å²) in [4.78, 5) is 0. The third-order valence-electron chi connectivity index (χ3n) is 8.53. The molecule has 8 bridgehead atoms. The predicted molar refractivity (Wildman–Crippen MR) is 94.5 cm³/mol. The molecule has 0 aromatic rings. The average Bonchev–Trinajstić information content (AvgIpc) is 2.43. The van der Waals surface area contributed by atoms with Gasteiger partial charge < -0.3 is 5.09 Å². The van der Waals surface area contributed by atoms with Gasteiger partial charge in [0, 0.05) is 0 Å². The highest BCUT2D eigenvalue weighted by molar-refractivity contribution is 7.30. The lowest BCUT2D eigenvalue weighted by Gasteiger charge is -2.63. The Labute approximate surface area is 142 Å². The van der Waals surface area contributed by atoms with E-state index >= 15 is 0 Å². The zero-order valence-corrected chi connectivity index (χ0v) is 15.2. The van der Waals surface area contributed by atoms with E-state index in [0.29, 0.717) is 11.1 Å². The van der Waals surface area contributed by atoms with Crippen molar-refractivity contribution in [3.8, 4) is 0 Å². The molecule has 0 aromatic heterocycles. The van der Waals surface area contributed by atoms with Gasteiger partial charge in [0.05, 0.1) is 5.54 Å². The van der Waals surface area contributed by atoms with E-state index in [0.717, 1.165) is 44.0 Å². The van der Waals surface area contributed by atoms with E-state index in [1.807, 2.05) is 0 Å². The van der Waals surface area contributed by atoms with Crippen molar-refractivity contribution in [2.75, 3.05) is 0 Å². The van der Waals surface area contributed by atoms with Crippen molar-refractivity contribution < 1.29 is 0 Å². The minimum atomic E-state index is 0.363. The molecule has 0 saturated heterocycles. The lowest BCUT2D eigenvalue weighted by molar-refractivity contribution is 0.00257. The first-order valence-corrected chi connectivity index (χ1v) is 11.1. The highest BCUT2D eigenvalue weighted by Gasteiger charge is 2.51. The molecule has 8 fully saturated rings. The summed E-state index contributed by atoms with van der Waals surface area (Å²) in [7, 11) is 1.12. The number of rotatable bonds is 3. The second-order valence-electron chi connectivity index (χ2n) is 10.6. The van der Waals surface area contributed by atoms with E-state index < -0.39 is 0 Å². The van der Waals surface area contributed by atoms with Gasteiger partial charge in [0.15, 0.2) is 0 Å². The average molecular weight is 329 g/mol. The molecule has 8 rings (SSSR count). The van der Waals surface area contributed by atoms with Gasteiger partial charge in [0.1, 0.15) is 0 Å². The van der Waals surface area contributed by atoms with Gasteiger partial charge >= 0.3 is 0 Å². The van der Waals surface area contributed by atoms with Gasteiger partial charge in [0.25, 0.3) is 0 Å². The lowest BCUT2D eigenvalue weighted by atomic mass is 9.53. The van der Waals surface area contributed by atoms with Crippen LogP contribution in [0.1, 0.15) is 77.0 Å². The summed E-state index contributed by atoms with van der Waals surface area (Å²) in [6.07, 6.45) is 17.6. The number of hydrogen-bond donors (Lipinski definition) is 0. The quantitative estimate of drug-likeness (QED) is 0.540. The maximum absolute atomic E-state index is 5.30. The number of hydrogen-bond acceptors (Lipinski definition) is 1. The third kappa shape index (κ3) is 2.30. The van der Waals surface area contributed by atoms with Crippen LogP contribution in [-0.2, 0) is 0 Å². The molecule has 0 atom stereocenters. The van der Waals surface area contributed by atoms with Gasteiger partial charge in [-0.3, -0.25) is 4.74 Å². The van der Waals surface area contributed by atoms with Crippen molar-refractivity contribution in [3.63, 3.8) is 0 Å². The van der Waals surface area contributed by atoms with E-state index in [9.17, 15) is 0 Å². The SMILES string of the molecule is C1C2CC3CC1CC(N=P[N-]C14CC5CC(CC(C5)C1)C4)(C2)C3. The molecule has 0 unspecified atom stereocenters. The Bertz CT molecular complexity index is 469. The fraction of sp³-hybridized carbons (Fsp3) is 1.00. The second-order valence-corrected chi connectivity index (χ2v) is 11.2. The van der Waals surface area contributed by atoms with E-state index in [4.69, 9.17) is 9.83 Å². The van der Waals surface area contributed by atoms with Crippen LogP contribution >= 0.6 is 8.52 Å². The van der Waals surface area contributed by atoms with E-state index in [1.165, 1.54) is 77.0 Å². The summed E-state index contributed by atoms with van der Waals surface area (Å²) in [6.45, 7) is 0. The Hall–Kier alpha value is 0.0600. The van der Waals surface area contributed by atoms with Crippen molar-refractivity contribution in [1.82, 2.24) is 0 Å². The predicted octanol–water partition coefficient (Wildman–Crippen LogP) is 6.34. The second kappa shape index (κ2) is 4.82. The number of nitrogens with zero attached hydrogens (tertiary/aromatic N) is 2. The molecule has 0 radical (unpaired) electrons. The lowest BCUT2D eigenvalue weighted by Crippen LogP contribution is -2.49. The standard InChI is InChI=1S/C20H30N2P/c1-13-2-15-3-14(1)8-19(7-13,9-15)21-23-22-20-10-16-4-17(11-20)6-18(5-16)12-20/h13-18H,1-12H2/q-1. The Balaban J connectivity index is 1.19. The topological polar surface area (TPSA) is 26.5 Å². The molecule has 0 aromatic carbocycles. The zero-order valence-electron chi connectivity index (χ0n) is 14.3. The van der Waals surface area contributed by atoms with Gasteiger partial charge in [-0.1, -0.05) is 19.3 Å². The molecule has 8 aliphatic carbocycles. The first-order valence-electron chi connectivity index (χ1n) is 10.3. The van der Waals surface area contributed by atoms with Crippen LogP contribution in [0.25, 0.3) is 5.09 Å². The molecule has 126 valence electrons. The van der Waals surface area contributed by atoms with Crippen LogP contribution in [-0.4, -0.2) is 11.1 Å². The molecule has 2 nitrogen and oxygen atoms in total. The Morgan fingerprint density at radius 3 is 1.43 bits per heavy atom. The van der Waals surface area contributed by atoms with E-state index in [2.05, 4.69) is 0 Å². The molecule has 0 aliphatic heterocycles. The normalized spacial score (nSPS) is 59.3. The van der Waals surface area contributed by atoms with Crippen LogP contribution < -0.4 is 0 Å². The van der Waals surface area contributed by atoms with E-state index in [1.54, 1.807) is 0 Å². The molecule has 8 aliphatic rings. The van der Waals surface area contributed by atoms with Crippen LogP contribution in [0.4, 0.5) is 0 Å². The molecule has 0 N–H and O–H groups in total. The van der Waals surface area contributed by atoms with Gasteiger partial charge in [-0.05, 0) is 93.3 Å². The Morgan fingerprint density at radius 2 is 1.00 bits per heavy atom. The summed E-state index contributed by atoms with van der Waals surface area (Å²) in [5.74, 6) is 6.08. The van der Waals surface area contributed by atoms with Gasteiger partial charge in [0.2, 0.25) is 0 Å². The maximum atomic E-state index is 5.30. The molecule has 0 spiro atoms. The van der Waals surface area contributed by atoms with Gasteiger partial charge in [-0.15, -0.1) is 14.1 Å². The molecule has 0 heterocycles. The monoisotopic (exact) mass is 329 g/mol. The van der Waals surface area contributed by atoms with Crippen LogP contribution in [0.2, 0.25) is 0 Å². The van der Waals surface area contributed by atoms with Crippen LogP contribution in [0.15, 0.2) is 4.74 Å². The highest BCUT2D eigenvalue weighted by Crippen LogP contribution is 2.61. The van der Waals surface area contributed by atoms with Crippen molar-refractivity contribution in [2.24, 2.45) is 40.3 Å². The van der Waals surface area contributed by atoms with Crippen molar-refractivity contribution in [1.29, 1.82) is 0 Å². The first kappa shape index (κ1) is 14.3. The van der Waals surface area contributed by atoms with Crippen LogP contribution in [0, 0.1) is 35.5 Å². The van der Waals surface area contributed by atoms with Crippen LogP contribution in [0.5, 0.6) is 0 Å². The molecule has 3 heteroatoms. The summed E-state index contributed by atoms with van der Waals surface area (Å²) < 4.78 is 5.30. The fourth-order valence-electron chi connectivity index (χ4n) is 8.59. The van der Waals surface area contributed by atoms with Crippen molar-refractivity contribution in [3.05, 3.63) is 5.09 Å². The van der Waals surface area contributed by atoms with Crippen LogP contribution in [0.3, 0.4) is 0 Å². The minimum absolute atomic E-state index is 0.363. The summed E-state index contributed by atoms with van der Waals surface area (Å²) in [5, 5.41) is 5.30. The fourth-order valence-corrected chi connectivity index (χ4v) is 9.50. The highest BCUT2D eigenvalue weighted by atomic mass is 31.1. The third-order valence-corrected chi connectivity index (χ3v) is 9.55. The summed E-state index contributed by atoms with van der Waals surface area (Å²) in [5.41, 5.74) is 0.726. The molecular formula is C20H30N2P-.